The summed E-state index contributed by atoms with van der Waals surface area (Å²) in [4.78, 5) is 0. The minimum atomic E-state index is -4.22. The van der Waals surface area contributed by atoms with Gasteiger partial charge < -0.3 is 4.55 Å². The van der Waals surface area contributed by atoms with Crippen molar-refractivity contribution < 1.29 is 13.0 Å². The highest BCUT2D eigenvalue weighted by Gasteiger charge is 1.89. The quantitative estimate of drug-likeness (QED) is 0.376. The third kappa shape index (κ3) is 2.74. The lowest BCUT2D eigenvalue weighted by molar-refractivity contribution is 0.473. The number of rotatable bonds is 1. The van der Waals surface area contributed by atoms with Crippen LogP contribution in [0.15, 0.2) is 11.2 Å². The van der Waals surface area contributed by atoms with Crippen molar-refractivity contribution in [1.29, 1.82) is 0 Å². The molecule has 0 aliphatic carbocycles. The molecule has 0 rings (SSSR count). The van der Waals surface area contributed by atoms with Crippen LogP contribution in [-0.2, 0) is 10.1 Å². The maximum absolute atomic E-state index is 9.66. The second kappa shape index (κ2) is 1.90. The van der Waals surface area contributed by atoms with E-state index in [0.717, 1.165) is 0 Å². The molecule has 42 valence electrons. The molecule has 0 fully saturated rings. The van der Waals surface area contributed by atoms with Crippen LogP contribution in [0.4, 0.5) is 0 Å². The van der Waals surface area contributed by atoms with Gasteiger partial charge in [-0.15, -0.1) is 0 Å². The summed E-state index contributed by atoms with van der Waals surface area (Å²) in [6, 6.07) is 0. The molecule has 0 heterocycles. The molecule has 1 atom stereocenters. The second-order valence-corrected chi connectivity index (χ2v) is 3.47. The third-order valence-corrected chi connectivity index (χ3v) is 1.83. The lowest BCUT2D eigenvalue weighted by atomic mass is 11.3. The zero-order valence-corrected chi connectivity index (χ0v) is 5.39. The van der Waals surface area contributed by atoms with E-state index in [4.69, 9.17) is 0 Å². The number of hydrogen-bond donors (Lipinski definition) is 0. The Hall–Kier alpha value is 0.0800. The Labute approximate surface area is 44.4 Å². The van der Waals surface area contributed by atoms with Gasteiger partial charge in [0.25, 0.3) is 0 Å². The van der Waals surface area contributed by atoms with Crippen LogP contribution < -0.4 is 0 Å². The van der Waals surface area contributed by atoms with Crippen LogP contribution in [0.3, 0.4) is 0 Å². The van der Waals surface area contributed by atoms with Crippen LogP contribution in [0, 0.1) is 0 Å². The summed E-state index contributed by atoms with van der Waals surface area (Å²) in [6.07, 6.45) is 0. The summed E-state index contributed by atoms with van der Waals surface area (Å²) in [5.74, 6) is 0. The fourth-order valence-corrected chi connectivity index (χ4v) is 0. The van der Waals surface area contributed by atoms with Gasteiger partial charge >= 0.3 is 0 Å². The molecule has 0 aliphatic rings. The maximum atomic E-state index is 9.66. The van der Waals surface area contributed by atoms with Crippen molar-refractivity contribution in [3.63, 3.8) is 0 Å². The number of hydrogen-bond acceptors (Lipinski definition) is 3. The molecule has 0 aromatic heterocycles. The highest BCUT2D eigenvalue weighted by molar-refractivity contribution is 7.94. The van der Waals surface area contributed by atoms with E-state index in [-0.39, 0.29) is 0 Å². The second-order valence-electron chi connectivity index (χ2n) is 0.920. The minimum absolute atomic E-state index is 0.424. The van der Waals surface area contributed by atoms with Crippen LogP contribution >= 0.6 is 9.24 Å². The van der Waals surface area contributed by atoms with Crippen LogP contribution in [0.25, 0.3) is 0 Å². The van der Waals surface area contributed by atoms with Crippen molar-refractivity contribution in [3.05, 3.63) is 11.2 Å². The molecule has 7 heavy (non-hydrogen) atoms. The maximum Gasteiger partial charge on any atom is 0.123 e. The Morgan fingerprint density at radius 1 is 1.71 bits per heavy atom. The first-order valence-corrected chi connectivity index (χ1v) is 3.33. The Balaban J connectivity index is 4.43. The molecule has 0 aromatic carbocycles. The van der Waals surface area contributed by atoms with Crippen molar-refractivity contribution in [2.24, 2.45) is 0 Å². The minimum Gasteiger partial charge on any atom is -0.744 e. The summed E-state index contributed by atoms with van der Waals surface area (Å²) in [7, 11) is -2.51. The Morgan fingerprint density at radius 3 is 1.86 bits per heavy atom. The van der Waals surface area contributed by atoms with Gasteiger partial charge in [-0.05, 0) is 0 Å². The van der Waals surface area contributed by atoms with E-state index >= 15 is 0 Å². The Kier molecular flexibility index (Phi) is 1.92. The highest BCUT2D eigenvalue weighted by atomic mass is 32.2. The molecular formula is C2H4O3PS-. The summed E-state index contributed by atoms with van der Waals surface area (Å²) in [5.41, 5.74) is 0. The van der Waals surface area contributed by atoms with Gasteiger partial charge in [0.2, 0.25) is 0 Å². The van der Waals surface area contributed by atoms with E-state index in [1.54, 1.807) is 9.24 Å². The Bertz CT molecular complexity index is 167. The topological polar surface area (TPSA) is 57.2 Å². The molecule has 0 aromatic rings. The fourth-order valence-electron chi connectivity index (χ4n) is 0. The molecule has 0 spiro atoms. The van der Waals surface area contributed by atoms with Crippen LogP contribution in [0.2, 0.25) is 0 Å². The van der Waals surface area contributed by atoms with E-state index in [1.165, 1.54) is 0 Å². The zero-order valence-electron chi connectivity index (χ0n) is 3.42. The first-order valence-electron chi connectivity index (χ1n) is 1.35. The average Bonchev–Trinajstić information content (AvgIpc) is 1.31. The smallest absolute Gasteiger partial charge is 0.123 e. The molecule has 0 radical (unpaired) electrons. The van der Waals surface area contributed by atoms with Gasteiger partial charge in [-0.25, -0.2) is 8.42 Å². The standard InChI is InChI=1S/C2H5O3PS/c1-2(6)7(3,4)5/h1,6H2,(H,3,4,5)/p-1. The van der Waals surface area contributed by atoms with Gasteiger partial charge in [-0.3, -0.25) is 0 Å². The largest absolute Gasteiger partial charge is 0.744 e. The summed E-state index contributed by atoms with van der Waals surface area (Å²) < 4.78 is 28.5. The van der Waals surface area contributed by atoms with E-state index in [1.807, 2.05) is 0 Å². The fraction of sp³-hybridized carbons (Fsp3) is 0. The lowest BCUT2D eigenvalue weighted by Gasteiger charge is -2.01. The molecule has 0 aliphatic heterocycles. The summed E-state index contributed by atoms with van der Waals surface area (Å²) in [5, 5.41) is 0. The van der Waals surface area contributed by atoms with Crippen LogP contribution in [-0.4, -0.2) is 13.0 Å². The zero-order chi connectivity index (χ0) is 6.08. The van der Waals surface area contributed by atoms with E-state index in [9.17, 15) is 13.0 Å². The van der Waals surface area contributed by atoms with Crippen molar-refractivity contribution in [2.75, 3.05) is 0 Å². The van der Waals surface area contributed by atoms with E-state index in [2.05, 4.69) is 6.58 Å². The summed E-state index contributed by atoms with van der Waals surface area (Å²) >= 11 is 0. The van der Waals surface area contributed by atoms with Gasteiger partial charge in [-0.1, -0.05) is 15.8 Å². The third-order valence-electron chi connectivity index (χ3n) is 0.321. The predicted molar refractivity (Wildman–Crippen MR) is 28.5 cm³/mol. The van der Waals surface area contributed by atoms with Gasteiger partial charge in [0.05, 0.1) is 0 Å². The molecular weight excluding hydrogens is 135 g/mol. The van der Waals surface area contributed by atoms with Gasteiger partial charge in [0, 0.05) is 4.65 Å². The normalized spacial score (nSPS) is 11.1. The first kappa shape index (κ1) is 7.08. The van der Waals surface area contributed by atoms with Gasteiger partial charge in [0.1, 0.15) is 10.1 Å². The average molecular weight is 139 g/mol. The molecule has 3 nitrogen and oxygen atoms in total. The first-order chi connectivity index (χ1) is 2.94. The Morgan fingerprint density at radius 2 is 1.86 bits per heavy atom. The molecule has 5 heteroatoms. The lowest BCUT2D eigenvalue weighted by Crippen LogP contribution is -1.93. The highest BCUT2D eigenvalue weighted by Crippen LogP contribution is 2.06. The molecule has 0 amide bonds. The predicted octanol–water partition coefficient (Wildman–Crippen LogP) is -0.122. The van der Waals surface area contributed by atoms with E-state index < -0.39 is 14.8 Å². The van der Waals surface area contributed by atoms with Crippen LogP contribution in [0.1, 0.15) is 0 Å². The molecule has 1 unspecified atom stereocenters. The SMILES string of the molecule is C=C(P)S(=O)(=O)[O-]. The van der Waals surface area contributed by atoms with Crippen molar-refractivity contribution in [1.82, 2.24) is 0 Å². The van der Waals surface area contributed by atoms with Gasteiger partial charge in [-0.2, -0.15) is 0 Å². The molecule has 0 saturated carbocycles. The van der Waals surface area contributed by atoms with Crippen molar-refractivity contribution in [3.8, 4) is 0 Å². The van der Waals surface area contributed by atoms with Crippen LogP contribution in [0.5, 0.6) is 0 Å². The van der Waals surface area contributed by atoms with Gasteiger partial charge in [0.15, 0.2) is 0 Å². The van der Waals surface area contributed by atoms with E-state index in [0.29, 0.717) is 0 Å². The molecule has 0 saturated heterocycles. The monoisotopic (exact) mass is 139 g/mol. The van der Waals surface area contributed by atoms with Crippen molar-refractivity contribution in [2.45, 2.75) is 0 Å². The summed E-state index contributed by atoms with van der Waals surface area (Å²) in [6.45, 7) is 2.89. The van der Waals surface area contributed by atoms with Crippen molar-refractivity contribution >= 4 is 19.4 Å². The molecule has 0 N–H and O–H groups in total. The molecule has 0 bridgehead atoms.